The second-order valence-corrected chi connectivity index (χ2v) is 8.48. The molecule has 5 N–H and O–H groups in total. The van der Waals surface area contributed by atoms with Crippen molar-refractivity contribution in [3.05, 3.63) is 100 Å². The van der Waals surface area contributed by atoms with Crippen LogP contribution in [0.3, 0.4) is 0 Å². The van der Waals surface area contributed by atoms with Gasteiger partial charge < -0.3 is 20.8 Å². The number of benzene rings is 3. The number of fused-ring (bicyclic) bond motifs is 1. The third-order valence-electron chi connectivity index (χ3n) is 5.61. The molecule has 36 heavy (non-hydrogen) atoms. The number of carbonyl (C=O) groups is 2. The lowest BCUT2D eigenvalue weighted by Gasteiger charge is -2.27. The molecule has 5 rings (SSSR count). The lowest BCUT2D eigenvalue weighted by molar-refractivity contribution is -0.113. The van der Waals surface area contributed by atoms with Crippen molar-refractivity contribution in [1.29, 1.82) is 0 Å². The third-order valence-corrected chi connectivity index (χ3v) is 5.95. The molecule has 1 aromatic heterocycles. The topological polar surface area (TPSA) is 135 Å². The van der Waals surface area contributed by atoms with Gasteiger partial charge in [-0.1, -0.05) is 48.0 Å². The number of aliphatic imine (C=N–C) groups is 1. The van der Waals surface area contributed by atoms with E-state index in [0.29, 0.717) is 44.6 Å². The van der Waals surface area contributed by atoms with Crippen molar-refractivity contribution in [3.8, 4) is 0 Å². The monoisotopic (exact) mass is 500 g/mol. The summed E-state index contributed by atoms with van der Waals surface area (Å²) in [5.41, 5.74) is 8.97. The predicted octanol–water partition coefficient (Wildman–Crippen LogP) is 4.61. The van der Waals surface area contributed by atoms with Crippen molar-refractivity contribution in [1.82, 2.24) is 10.3 Å². The van der Waals surface area contributed by atoms with E-state index < -0.39 is 17.9 Å². The van der Waals surface area contributed by atoms with E-state index in [1.54, 1.807) is 37.3 Å². The van der Waals surface area contributed by atoms with E-state index in [9.17, 15) is 9.59 Å². The van der Waals surface area contributed by atoms with Gasteiger partial charge in [-0.2, -0.15) is 4.98 Å². The van der Waals surface area contributed by atoms with Crippen LogP contribution in [0.15, 0.2) is 93.5 Å². The first-order valence-corrected chi connectivity index (χ1v) is 11.4. The number of aromatic nitrogens is 1. The molecule has 1 atom stereocenters. The molecule has 3 aromatic carbocycles. The molecule has 10 heteroatoms. The van der Waals surface area contributed by atoms with Crippen LogP contribution in [0, 0.1) is 0 Å². The molecule has 0 fully saturated rings. The molecule has 0 saturated heterocycles. The maximum absolute atomic E-state index is 13.4. The van der Waals surface area contributed by atoms with E-state index in [4.69, 9.17) is 26.7 Å². The van der Waals surface area contributed by atoms with Crippen LogP contribution in [-0.2, 0) is 4.79 Å². The van der Waals surface area contributed by atoms with Crippen molar-refractivity contribution >= 4 is 52.2 Å². The van der Waals surface area contributed by atoms with Gasteiger partial charge in [-0.25, -0.2) is 4.99 Å². The van der Waals surface area contributed by atoms with Gasteiger partial charge in [-0.3, -0.25) is 14.9 Å². The number of guanidine groups is 1. The smallest absolute Gasteiger partial charge is 0.302 e. The third kappa shape index (κ3) is 4.64. The molecule has 0 saturated carbocycles. The Morgan fingerprint density at radius 1 is 1.06 bits per heavy atom. The molecule has 4 aromatic rings. The van der Waals surface area contributed by atoms with Gasteiger partial charge in [0.05, 0.1) is 5.57 Å². The van der Waals surface area contributed by atoms with Gasteiger partial charge in [-0.15, -0.1) is 0 Å². The standard InChI is InChI=1S/C26H21ClN6O3/c1-14-21(24(35)30-16-8-6-7-15(13-16)23(28)34)22(17-9-2-3-10-18(17)27)32-25(29-14)33-26-31-19-11-4-5-12-20(19)36-26/h2-13,22H,1H3,(H2,28,34)(H,30,35)(H2,29,31,32,33). The van der Waals surface area contributed by atoms with Crippen LogP contribution in [0.4, 0.5) is 11.7 Å². The molecule has 2 heterocycles. The number of nitrogens with zero attached hydrogens (tertiary/aromatic N) is 2. The highest BCUT2D eigenvalue weighted by Gasteiger charge is 2.31. The summed E-state index contributed by atoms with van der Waals surface area (Å²) in [6.07, 6.45) is 0. The highest BCUT2D eigenvalue weighted by Crippen LogP contribution is 2.35. The summed E-state index contributed by atoms with van der Waals surface area (Å²) in [4.78, 5) is 34.2. The Kier molecular flexibility index (Phi) is 6.14. The Balaban J connectivity index is 1.48. The van der Waals surface area contributed by atoms with E-state index in [-0.39, 0.29) is 11.6 Å². The molecule has 2 amide bonds. The normalized spacial score (nSPS) is 15.3. The minimum Gasteiger partial charge on any atom is -0.423 e. The van der Waals surface area contributed by atoms with Crippen LogP contribution in [0.5, 0.6) is 0 Å². The second-order valence-electron chi connectivity index (χ2n) is 8.08. The average Bonchev–Trinajstić information content (AvgIpc) is 3.26. The maximum Gasteiger partial charge on any atom is 0.302 e. The Bertz CT molecular complexity index is 1530. The SMILES string of the molecule is CC1=C(C(=O)Nc2cccc(C(N)=O)c2)C(c2ccccc2Cl)N=C(Nc2nc3ccccc3o2)N1. The summed E-state index contributed by atoms with van der Waals surface area (Å²) in [6, 6.07) is 20.5. The van der Waals surface area contributed by atoms with Gasteiger partial charge >= 0.3 is 6.01 Å². The van der Waals surface area contributed by atoms with Crippen molar-refractivity contribution in [3.63, 3.8) is 0 Å². The lowest BCUT2D eigenvalue weighted by atomic mass is 9.95. The summed E-state index contributed by atoms with van der Waals surface area (Å²) in [7, 11) is 0. The number of oxazole rings is 1. The lowest BCUT2D eigenvalue weighted by Crippen LogP contribution is -2.37. The van der Waals surface area contributed by atoms with Crippen LogP contribution in [0.25, 0.3) is 11.1 Å². The zero-order valence-corrected chi connectivity index (χ0v) is 19.8. The van der Waals surface area contributed by atoms with Crippen LogP contribution in [0.1, 0.15) is 28.9 Å². The Hall–Kier alpha value is -4.63. The van der Waals surface area contributed by atoms with Crippen LogP contribution < -0.4 is 21.7 Å². The summed E-state index contributed by atoms with van der Waals surface area (Å²) in [5.74, 6) is -0.651. The fourth-order valence-electron chi connectivity index (χ4n) is 3.93. The number of primary amides is 1. The number of hydrogen-bond donors (Lipinski definition) is 4. The summed E-state index contributed by atoms with van der Waals surface area (Å²) >= 11 is 6.51. The largest absolute Gasteiger partial charge is 0.423 e. The van der Waals surface area contributed by atoms with Gasteiger partial charge in [0.25, 0.3) is 5.91 Å². The molecular weight excluding hydrogens is 480 g/mol. The van der Waals surface area contributed by atoms with Crippen molar-refractivity contribution in [2.75, 3.05) is 10.6 Å². The molecule has 1 unspecified atom stereocenters. The first-order valence-electron chi connectivity index (χ1n) is 11.0. The van der Waals surface area contributed by atoms with E-state index in [0.717, 1.165) is 0 Å². The van der Waals surface area contributed by atoms with E-state index >= 15 is 0 Å². The fourth-order valence-corrected chi connectivity index (χ4v) is 4.17. The number of anilines is 2. The second kappa shape index (κ2) is 9.55. The molecule has 9 nitrogen and oxygen atoms in total. The molecular formula is C26H21ClN6O3. The summed E-state index contributed by atoms with van der Waals surface area (Å²) in [5, 5.41) is 9.46. The zero-order valence-electron chi connectivity index (χ0n) is 19.1. The molecule has 0 bridgehead atoms. The quantitative estimate of drug-likeness (QED) is 0.316. The Morgan fingerprint density at radius 3 is 2.61 bits per heavy atom. The number of allylic oxidation sites excluding steroid dienone is 1. The van der Waals surface area contributed by atoms with Gasteiger partial charge in [0, 0.05) is 27.5 Å². The van der Waals surface area contributed by atoms with E-state index in [1.807, 2.05) is 36.4 Å². The van der Waals surface area contributed by atoms with Crippen molar-refractivity contribution in [2.45, 2.75) is 13.0 Å². The molecule has 0 aliphatic carbocycles. The number of para-hydroxylation sites is 2. The first kappa shape index (κ1) is 23.1. The highest BCUT2D eigenvalue weighted by molar-refractivity contribution is 6.31. The van der Waals surface area contributed by atoms with Crippen LogP contribution in [0.2, 0.25) is 5.02 Å². The van der Waals surface area contributed by atoms with E-state index in [1.165, 1.54) is 6.07 Å². The van der Waals surface area contributed by atoms with Gasteiger partial charge in [-0.05, 0) is 43.3 Å². The minimum atomic E-state index is -0.730. The van der Waals surface area contributed by atoms with Crippen molar-refractivity contribution < 1.29 is 14.0 Å². The first-order chi connectivity index (χ1) is 17.4. The van der Waals surface area contributed by atoms with Crippen molar-refractivity contribution in [2.24, 2.45) is 10.7 Å². The molecule has 1 aliphatic heterocycles. The number of carbonyl (C=O) groups excluding carboxylic acids is 2. The highest BCUT2D eigenvalue weighted by atomic mass is 35.5. The molecule has 1 aliphatic rings. The van der Waals surface area contributed by atoms with Gasteiger partial charge in [0.2, 0.25) is 11.9 Å². The Morgan fingerprint density at radius 2 is 1.83 bits per heavy atom. The fraction of sp³-hybridized carbons (Fsp3) is 0.0769. The number of nitrogens with one attached hydrogen (secondary N) is 3. The summed E-state index contributed by atoms with van der Waals surface area (Å²) < 4.78 is 5.75. The zero-order chi connectivity index (χ0) is 25.2. The van der Waals surface area contributed by atoms with Crippen LogP contribution >= 0.6 is 11.6 Å². The average molecular weight is 501 g/mol. The van der Waals surface area contributed by atoms with Gasteiger partial charge in [0.15, 0.2) is 5.58 Å². The number of rotatable bonds is 5. The summed E-state index contributed by atoms with van der Waals surface area (Å²) in [6.45, 7) is 1.76. The predicted molar refractivity (Wildman–Crippen MR) is 139 cm³/mol. The number of amides is 2. The minimum absolute atomic E-state index is 0.254. The number of nitrogens with two attached hydrogens (primary N) is 1. The Labute approximate surface area is 211 Å². The van der Waals surface area contributed by atoms with Crippen LogP contribution in [-0.4, -0.2) is 22.8 Å². The number of halogens is 1. The van der Waals surface area contributed by atoms with E-state index in [2.05, 4.69) is 20.9 Å². The molecule has 0 spiro atoms. The van der Waals surface area contributed by atoms with Gasteiger partial charge in [0.1, 0.15) is 11.6 Å². The molecule has 180 valence electrons. The maximum atomic E-state index is 13.4. The molecule has 0 radical (unpaired) electrons. The number of hydrogen-bond acceptors (Lipinski definition) is 7.